The third-order valence-electron chi connectivity index (χ3n) is 17.8. The van der Waals surface area contributed by atoms with Crippen LogP contribution in [0.3, 0.4) is 0 Å². The van der Waals surface area contributed by atoms with Crippen molar-refractivity contribution in [1.29, 1.82) is 0 Å². The Balaban J connectivity index is 0.715. The Bertz CT molecular complexity index is 5930. The minimum absolute atomic E-state index is 1.08. The average Bonchev–Trinajstić information content (AvgIpc) is 4.37. The summed E-state index contributed by atoms with van der Waals surface area (Å²) < 4.78 is 18.7. The number of halogens is 1. The van der Waals surface area contributed by atoms with Gasteiger partial charge in [-0.05, 0) is 156 Å². The summed E-state index contributed by atoms with van der Waals surface area (Å²) in [4.78, 5) is 2.43. The molecule has 12 aromatic carbocycles. The van der Waals surface area contributed by atoms with E-state index in [1.54, 1.807) is 0 Å². The molecule has 4 aliphatic heterocycles. The van der Waals surface area contributed by atoms with Crippen molar-refractivity contribution in [2.75, 3.05) is 4.90 Å². The third kappa shape index (κ3) is 5.51. The Morgan fingerprint density at radius 1 is 0.272 bits per heavy atom. The Kier molecular flexibility index (Phi) is 8.21. The van der Waals surface area contributed by atoms with Crippen molar-refractivity contribution in [1.82, 2.24) is 22.5 Å². The molecular formula is C72H39BrN6S2. The quantitative estimate of drug-likeness (QED) is 0.128. The van der Waals surface area contributed by atoms with Gasteiger partial charge in [0.05, 0.1) is 113 Å². The summed E-state index contributed by atoms with van der Waals surface area (Å²) in [6, 6.07) is 88.7. The minimum atomic E-state index is 1.08. The molecule has 16 aromatic rings. The molecule has 0 radical (unpaired) electrons. The Morgan fingerprint density at radius 2 is 0.741 bits per heavy atom. The van der Waals surface area contributed by atoms with Gasteiger partial charge in [0.1, 0.15) is 0 Å². The number of hydrogen-bond donors (Lipinski definition) is 0. The first kappa shape index (κ1) is 43.3. The fourth-order valence-corrected chi connectivity index (χ4v) is 17.1. The second-order valence-electron chi connectivity index (χ2n) is 21.8. The van der Waals surface area contributed by atoms with E-state index >= 15 is 0 Å². The van der Waals surface area contributed by atoms with Gasteiger partial charge in [-0.25, -0.2) is 0 Å². The van der Waals surface area contributed by atoms with Crippen molar-refractivity contribution in [3.05, 3.63) is 241 Å². The van der Waals surface area contributed by atoms with Gasteiger partial charge in [0.15, 0.2) is 0 Å². The van der Waals surface area contributed by atoms with E-state index in [4.69, 9.17) is 0 Å². The summed E-state index contributed by atoms with van der Waals surface area (Å²) in [6.07, 6.45) is 0. The molecule has 4 aromatic heterocycles. The lowest BCUT2D eigenvalue weighted by Crippen LogP contribution is -2.17. The van der Waals surface area contributed by atoms with Crippen LogP contribution in [0, 0.1) is 0 Å². The molecule has 0 aliphatic carbocycles. The van der Waals surface area contributed by atoms with Crippen molar-refractivity contribution >= 4 is 173 Å². The maximum atomic E-state index is 3.75. The van der Waals surface area contributed by atoms with Gasteiger partial charge >= 0.3 is 0 Å². The van der Waals surface area contributed by atoms with Crippen molar-refractivity contribution < 1.29 is 0 Å². The van der Waals surface area contributed by atoms with Crippen LogP contribution in [-0.2, 0) is 0 Å². The third-order valence-corrected chi connectivity index (χ3v) is 20.5. The molecule has 0 saturated heterocycles. The molecule has 0 saturated carbocycles. The van der Waals surface area contributed by atoms with Crippen molar-refractivity contribution in [3.63, 3.8) is 0 Å². The number of fused-ring (bicyclic) bond motifs is 19. The zero-order valence-corrected chi connectivity index (χ0v) is 46.1. The van der Waals surface area contributed by atoms with E-state index < -0.39 is 0 Å². The van der Waals surface area contributed by atoms with Crippen LogP contribution < -0.4 is 4.90 Å². The van der Waals surface area contributed by atoms with Crippen LogP contribution in [0.2, 0.25) is 0 Å². The molecule has 0 spiro atoms. The lowest BCUT2D eigenvalue weighted by Gasteiger charge is -2.33. The molecule has 0 fully saturated rings. The van der Waals surface area contributed by atoms with Crippen LogP contribution in [0.25, 0.3) is 157 Å². The molecule has 0 amide bonds. The lowest BCUT2D eigenvalue weighted by molar-refractivity contribution is 1.08. The number of benzene rings is 12. The molecule has 8 heterocycles. The van der Waals surface area contributed by atoms with Crippen molar-refractivity contribution in [2.24, 2.45) is 0 Å². The highest BCUT2D eigenvalue weighted by atomic mass is 79.9. The van der Waals surface area contributed by atoms with E-state index in [1.807, 2.05) is 22.7 Å². The van der Waals surface area contributed by atoms with Gasteiger partial charge in [-0.3, -0.25) is 0 Å². The molecule has 9 heteroatoms. The second-order valence-corrected chi connectivity index (χ2v) is 24.9. The zero-order chi connectivity index (χ0) is 52.5. The van der Waals surface area contributed by atoms with Gasteiger partial charge in [0.2, 0.25) is 0 Å². The van der Waals surface area contributed by atoms with Gasteiger partial charge in [0.25, 0.3) is 0 Å². The molecule has 376 valence electrons. The summed E-state index contributed by atoms with van der Waals surface area (Å²) in [7, 11) is 0. The largest absolute Gasteiger partial charge is 0.306 e. The first-order chi connectivity index (χ1) is 40.1. The van der Waals surface area contributed by atoms with Crippen molar-refractivity contribution in [2.45, 2.75) is 0 Å². The highest BCUT2D eigenvalue weighted by molar-refractivity contribution is 9.10. The Morgan fingerprint density at radius 3 is 1.43 bits per heavy atom. The molecule has 0 atom stereocenters. The molecule has 81 heavy (non-hydrogen) atoms. The number of rotatable bonds is 3. The highest BCUT2D eigenvalue weighted by Crippen LogP contribution is 2.51. The number of nitrogens with zero attached hydrogens (tertiary/aromatic N) is 6. The van der Waals surface area contributed by atoms with Crippen LogP contribution in [0.15, 0.2) is 241 Å². The summed E-state index contributed by atoms with van der Waals surface area (Å²) in [5.41, 5.74) is 26.6. The number of aromatic nitrogens is 5. The number of para-hydroxylation sites is 8. The minimum Gasteiger partial charge on any atom is -0.306 e. The van der Waals surface area contributed by atoms with E-state index in [0.29, 0.717) is 0 Å². The summed E-state index contributed by atoms with van der Waals surface area (Å²) in [5, 5.41) is 7.51. The number of anilines is 3. The highest BCUT2D eigenvalue weighted by Gasteiger charge is 2.30. The molecule has 20 rings (SSSR count). The van der Waals surface area contributed by atoms with Crippen LogP contribution >= 0.6 is 38.6 Å². The van der Waals surface area contributed by atoms with E-state index in [9.17, 15) is 0 Å². The van der Waals surface area contributed by atoms with Gasteiger partial charge in [-0.15, -0.1) is 22.7 Å². The van der Waals surface area contributed by atoms with Gasteiger partial charge in [-0.1, -0.05) is 119 Å². The normalized spacial score (nSPS) is 13.0. The molecular weight excluding hydrogens is 1090 g/mol. The lowest BCUT2D eigenvalue weighted by atomic mass is 10.0. The van der Waals surface area contributed by atoms with Gasteiger partial charge in [0, 0.05) is 42.5 Å². The topological polar surface area (TPSA) is 26.8 Å². The maximum absolute atomic E-state index is 3.75. The number of hydrogen-bond acceptors (Lipinski definition) is 3. The van der Waals surface area contributed by atoms with E-state index in [0.717, 1.165) is 15.8 Å². The monoisotopic (exact) mass is 1130 g/mol. The predicted octanol–water partition coefficient (Wildman–Crippen LogP) is 21.0. The van der Waals surface area contributed by atoms with E-state index in [1.165, 1.54) is 162 Å². The van der Waals surface area contributed by atoms with Gasteiger partial charge < -0.3 is 27.4 Å². The van der Waals surface area contributed by atoms with Crippen LogP contribution in [0.1, 0.15) is 0 Å². The second kappa shape index (κ2) is 15.4. The fraction of sp³-hybridized carbons (Fsp3) is 0. The Hall–Kier alpha value is -9.64. The Labute approximate surface area is 477 Å². The first-order valence-corrected chi connectivity index (χ1v) is 29.9. The smallest absolute Gasteiger partial charge is 0.0878 e. The summed E-state index contributed by atoms with van der Waals surface area (Å²) in [6.45, 7) is 0. The van der Waals surface area contributed by atoms with Crippen LogP contribution in [0.5, 0.6) is 0 Å². The summed E-state index contributed by atoms with van der Waals surface area (Å²) in [5.74, 6) is 0. The zero-order valence-electron chi connectivity index (χ0n) is 42.9. The fourth-order valence-electron chi connectivity index (χ4n) is 14.5. The molecule has 6 nitrogen and oxygen atoms in total. The van der Waals surface area contributed by atoms with E-state index in [-0.39, 0.29) is 0 Å². The predicted molar refractivity (Wildman–Crippen MR) is 346 cm³/mol. The molecule has 4 aliphatic rings. The SMILES string of the molecule is Brc1ccc2c(c1)c1cccc3c1n2-c1ccccc1N3c1ccc(-c2ccc3c(c2)c2cccc4c2n3c2cccc3c5cc(-c6ccc7c(c6)sc6cccc8c6-n7c6cccc7sc9ccccc9n8-c76)ccc5n4c32)cc1. The van der Waals surface area contributed by atoms with E-state index in [2.05, 4.69) is 280 Å². The van der Waals surface area contributed by atoms with Crippen LogP contribution in [0.4, 0.5) is 17.1 Å². The maximum Gasteiger partial charge on any atom is 0.0878 e. The first-order valence-electron chi connectivity index (χ1n) is 27.4. The molecule has 0 unspecified atom stereocenters. The van der Waals surface area contributed by atoms with Crippen LogP contribution in [-0.4, -0.2) is 22.5 Å². The molecule has 0 N–H and O–H groups in total. The standard InChI is InChI=1S/C72H39BrN6S2/c73-44-29-35-54-51(39-44)48-12-5-16-59-68(48)75(54)56-14-2-1-13-55(56)74(59)45-30-24-40(25-31-45)41-26-32-52-49(36-41)46-10-6-17-60-69(46)76(52)61-18-7-11-47-50-37-42(27-33-53(50)77(60)70(47)61)43-28-34-58-67(38-43)81-66-23-9-19-62-72(66)79(58)63-20-8-22-65-71(63)78(62)57-15-3-4-21-64(57)80-65/h1-39H. The van der Waals surface area contributed by atoms with Gasteiger partial charge in [-0.2, -0.15) is 0 Å². The average molecular weight is 1130 g/mol. The van der Waals surface area contributed by atoms with Crippen molar-refractivity contribution in [3.8, 4) is 39.3 Å². The molecule has 0 bridgehead atoms. The summed E-state index contributed by atoms with van der Waals surface area (Å²) >= 11 is 7.50.